The Morgan fingerprint density at radius 1 is 1.44 bits per heavy atom. The summed E-state index contributed by atoms with van der Waals surface area (Å²) >= 11 is 5.90. The molecule has 0 heterocycles. The van der Waals surface area contributed by atoms with Crippen LogP contribution in [0.2, 0.25) is 5.02 Å². The molecule has 4 heteroatoms. The van der Waals surface area contributed by atoms with Crippen LogP contribution in [-0.4, -0.2) is 18.8 Å². The number of rotatable bonds is 5. The summed E-state index contributed by atoms with van der Waals surface area (Å²) in [6, 6.07) is 4.22. The van der Waals surface area contributed by atoms with E-state index in [0.717, 1.165) is 5.56 Å². The molecule has 1 unspecified atom stereocenters. The Morgan fingerprint density at radius 2 is 2.12 bits per heavy atom. The lowest BCUT2D eigenvalue weighted by Crippen LogP contribution is -2.30. The predicted molar refractivity (Wildman–Crippen MR) is 64.2 cm³/mol. The van der Waals surface area contributed by atoms with Gasteiger partial charge in [0, 0.05) is 11.1 Å². The summed E-state index contributed by atoms with van der Waals surface area (Å²) in [7, 11) is 0. The number of nitrogens with two attached hydrogens (primary N) is 1. The molecule has 0 radical (unpaired) electrons. The van der Waals surface area contributed by atoms with Crippen molar-refractivity contribution in [1.29, 1.82) is 0 Å². The van der Waals surface area contributed by atoms with E-state index in [9.17, 15) is 4.39 Å². The minimum absolute atomic E-state index is 0.120. The lowest BCUT2D eigenvalue weighted by Gasteiger charge is -2.15. The van der Waals surface area contributed by atoms with Crippen LogP contribution in [-0.2, 0) is 11.2 Å². The third kappa shape index (κ3) is 4.47. The first-order chi connectivity index (χ1) is 7.49. The molecule has 2 N–H and O–H groups in total. The molecule has 16 heavy (non-hydrogen) atoms. The SMILES string of the molecule is CC(C)OCC(N)Cc1ccc(F)cc1Cl. The second kappa shape index (κ2) is 6.18. The Hall–Kier alpha value is -0.640. The van der Waals surface area contributed by atoms with Gasteiger partial charge in [0.15, 0.2) is 0 Å². The largest absolute Gasteiger partial charge is 0.377 e. The zero-order chi connectivity index (χ0) is 12.1. The fourth-order valence-corrected chi connectivity index (χ4v) is 1.59. The molecule has 1 rings (SSSR count). The van der Waals surface area contributed by atoms with Gasteiger partial charge in [-0.1, -0.05) is 17.7 Å². The van der Waals surface area contributed by atoms with Gasteiger partial charge in [-0.3, -0.25) is 0 Å². The van der Waals surface area contributed by atoms with E-state index in [1.807, 2.05) is 13.8 Å². The van der Waals surface area contributed by atoms with Crippen molar-refractivity contribution in [2.45, 2.75) is 32.4 Å². The van der Waals surface area contributed by atoms with E-state index in [1.54, 1.807) is 6.07 Å². The fraction of sp³-hybridized carbons (Fsp3) is 0.500. The molecule has 0 saturated carbocycles. The van der Waals surface area contributed by atoms with Crippen molar-refractivity contribution < 1.29 is 9.13 Å². The Morgan fingerprint density at radius 3 is 2.69 bits per heavy atom. The van der Waals surface area contributed by atoms with Crippen molar-refractivity contribution in [3.05, 3.63) is 34.6 Å². The molecular formula is C12H17ClFNO. The van der Waals surface area contributed by atoms with Gasteiger partial charge in [0.05, 0.1) is 12.7 Å². The molecule has 0 saturated heterocycles. The lowest BCUT2D eigenvalue weighted by molar-refractivity contribution is 0.0684. The van der Waals surface area contributed by atoms with Gasteiger partial charge >= 0.3 is 0 Å². The van der Waals surface area contributed by atoms with Crippen LogP contribution in [0.5, 0.6) is 0 Å². The summed E-state index contributed by atoms with van der Waals surface area (Å²) in [6.07, 6.45) is 0.751. The Labute approximate surface area is 101 Å². The number of benzene rings is 1. The summed E-state index contributed by atoms with van der Waals surface area (Å²) in [5, 5.41) is 0.417. The van der Waals surface area contributed by atoms with E-state index >= 15 is 0 Å². The summed E-state index contributed by atoms with van der Waals surface area (Å²) in [4.78, 5) is 0. The molecule has 0 aliphatic carbocycles. The Balaban J connectivity index is 2.52. The smallest absolute Gasteiger partial charge is 0.124 e. The van der Waals surface area contributed by atoms with Crippen molar-refractivity contribution in [3.8, 4) is 0 Å². The second-order valence-corrected chi connectivity index (χ2v) is 4.49. The molecule has 0 aliphatic heterocycles. The fourth-order valence-electron chi connectivity index (χ4n) is 1.34. The lowest BCUT2D eigenvalue weighted by atomic mass is 10.1. The van der Waals surface area contributed by atoms with E-state index in [1.165, 1.54) is 12.1 Å². The van der Waals surface area contributed by atoms with E-state index < -0.39 is 0 Å². The number of hydrogen-bond acceptors (Lipinski definition) is 2. The highest BCUT2D eigenvalue weighted by Gasteiger charge is 2.09. The van der Waals surface area contributed by atoms with E-state index in [-0.39, 0.29) is 18.0 Å². The zero-order valence-corrected chi connectivity index (χ0v) is 10.3. The van der Waals surface area contributed by atoms with Crippen LogP contribution in [0.15, 0.2) is 18.2 Å². The number of halogens is 2. The summed E-state index contributed by atoms with van der Waals surface area (Å²) in [5.74, 6) is -0.333. The molecule has 0 aromatic heterocycles. The van der Waals surface area contributed by atoms with Gasteiger partial charge < -0.3 is 10.5 Å². The predicted octanol–water partition coefficient (Wildman–Crippen LogP) is 2.77. The first-order valence-electron chi connectivity index (χ1n) is 5.30. The van der Waals surface area contributed by atoms with E-state index in [0.29, 0.717) is 18.1 Å². The van der Waals surface area contributed by atoms with Gasteiger partial charge in [-0.25, -0.2) is 4.39 Å². The maximum absolute atomic E-state index is 12.8. The van der Waals surface area contributed by atoms with Gasteiger partial charge in [-0.15, -0.1) is 0 Å². The van der Waals surface area contributed by atoms with Crippen LogP contribution in [0.3, 0.4) is 0 Å². The maximum atomic E-state index is 12.8. The molecule has 0 spiro atoms. The average Bonchev–Trinajstić information content (AvgIpc) is 2.19. The molecule has 0 aliphatic rings. The molecule has 0 amide bonds. The van der Waals surface area contributed by atoms with Crippen LogP contribution in [0.1, 0.15) is 19.4 Å². The standard InChI is InChI=1S/C12H17ClFNO/c1-8(2)16-7-11(15)5-9-3-4-10(14)6-12(9)13/h3-4,6,8,11H,5,7,15H2,1-2H3. The average molecular weight is 246 g/mol. The highest BCUT2D eigenvalue weighted by atomic mass is 35.5. The first kappa shape index (κ1) is 13.4. The van der Waals surface area contributed by atoms with Crippen LogP contribution in [0.4, 0.5) is 4.39 Å². The molecule has 90 valence electrons. The molecular weight excluding hydrogens is 229 g/mol. The van der Waals surface area contributed by atoms with Crippen LogP contribution < -0.4 is 5.73 Å². The summed E-state index contributed by atoms with van der Waals surface area (Å²) in [5.41, 5.74) is 6.73. The normalized spacial score (nSPS) is 13.1. The molecule has 0 bridgehead atoms. The van der Waals surface area contributed by atoms with Crippen LogP contribution in [0, 0.1) is 5.82 Å². The Kier molecular flexibility index (Phi) is 5.19. The van der Waals surface area contributed by atoms with E-state index in [4.69, 9.17) is 22.1 Å². The highest BCUT2D eigenvalue weighted by molar-refractivity contribution is 6.31. The van der Waals surface area contributed by atoms with Crippen LogP contribution >= 0.6 is 11.6 Å². The monoisotopic (exact) mass is 245 g/mol. The van der Waals surface area contributed by atoms with Crippen molar-refractivity contribution >= 4 is 11.6 Å². The summed E-state index contributed by atoms with van der Waals surface area (Å²) < 4.78 is 18.2. The Bertz CT molecular complexity index is 344. The minimum atomic E-state index is -0.333. The third-order valence-electron chi connectivity index (χ3n) is 2.14. The third-order valence-corrected chi connectivity index (χ3v) is 2.49. The van der Waals surface area contributed by atoms with Gasteiger partial charge in [0.1, 0.15) is 5.82 Å². The quantitative estimate of drug-likeness (QED) is 0.866. The van der Waals surface area contributed by atoms with E-state index in [2.05, 4.69) is 0 Å². The molecule has 2 nitrogen and oxygen atoms in total. The second-order valence-electron chi connectivity index (χ2n) is 4.08. The van der Waals surface area contributed by atoms with Crippen LogP contribution in [0.25, 0.3) is 0 Å². The summed E-state index contributed by atoms with van der Waals surface area (Å²) in [6.45, 7) is 4.39. The van der Waals surface area contributed by atoms with Crippen molar-refractivity contribution in [1.82, 2.24) is 0 Å². The first-order valence-corrected chi connectivity index (χ1v) is 5.68. The van der Waals surface area contributed by atoms with Crippen molar-refractivity contribution in [2.24, 2.45) is 5.73 Å². The molecule has 1 atom stereocenters. The van der Waals surface area contributed by atoms with Crippen molar-refractivity contribution in [3.63, 3.8) is 0 Å². The molecule has 0 fully saturated rings. The van der Waals surface area contributed by atoms with Gasteiger partial charge in [-0.05, 0) is 38.0 Å². The van der Waals surface area contributed by atoms with Gasteiger partial charge in [0.2, 0.25) is 0 Å². The number of ether oxygens (including phenoxy) is 1. The zero-order valence-electron chi connectivity index (χ0n) is 9.54. The van der Waals surface area contributed by atoms with Gasteiger partial charge in [0.25, 0.3) is 0 Å². The molecule has 1 aromatic rings. The maximum Gasteiger partial charge on any atom is 0.124 e. The topological polar surface area (TPSA) is 35.2 Å². The molecule has 1 aromatic carbocycles. The number of hydrogen-bond donors (Lipinski definition) is 1. The highest BCUT2D eigenvalue weighted by Crippen LogP contribution is 2.18. The van der Waals surface area contributed by atoms with Gasteiger partial charge in [-0.2, -0.15) is 0 Å². The minimum Gasteiger partial charge on any atom is -0.377 e. The van der Waals surface area contributed by atoms with Crippen molar-refractivity contribution in [2.75, 3.05) is 6.61 Å².